The van der Waals surface area contributed by atoms with E-state index >= 15 is 0 Å². The lowest BCUT2D eigenvalue weighted by Gasteiger charge is -2.51. The number of rotatable bonds is 4. The normalized spacial score (nSPS) is 23.8. The molecule has 8 heteroatoms. The minimum Gasteiger partial charge on any atom is -0.478 e. The highest BCUT2D eigenvalue weighted by atomic mass is 79.9. The Kier molecular flexibility index (Phi) is 5.34. The lowest BCUT2D eigenvalue weighted by molar-refractivity contribution is -0.122. The number of carboxylic acids is 1. The number of alkyl halides is 1. The van der Waals surface area contributed by atoms with Crippen LogP contribution in [0.5, 0.6) is 0 Å². The van der Waals surface area contributed by atoms with Crippen molar-refractivity contribution >= 4 is 51.0 Å². The van der Waals surface area contributed by atoms with Gasteiger partial charge >= 0.3 is 5.97 Å². The largest absolute Gasteiger partial charge is 0.478 e. The maximum Gasteiger partial charge on any atom is 0.335 e. The van der Waals surface area contributed by atoms with Crippen molar-refractivity contribution in [2.75, 3.05) is 10.2 Å². The van der Waals surface area contributed by atoms with Crippen molar-refractivity contribution in [1.82, 2.24) is 0 Å². The number of carbonyl (C=O) groups is 4. The van der Waals surface area contributed by atoms with Crippen molar-refractivity contribution in [1.29, 1.82) is 0 Å². The van der Waals surface area contributed by atoms with Crippen molar-refractivity contribution < 1.29 is 24.3 Å². The summed E-state index contributed by atoms with van der Waals surface area (Å²) < 4.78 is -0.822. The number of halogens is 1. The molecule has 0 saturated carbocycles. The first-order valence-electron chi connectivity index (χ1n) is 12.8. The fourth-order valence-corrected chi connectivity index (χ4v) is 7.80. The molecule has 0 unspecified atom stereocenters. The van der Waals surface area contributed by atoms with Crippen LogP contribution in [0.4, 0.5) is 11.4 Å². The van der Waals surface area contributed by atoms with Crippen LogP contribution in [0.3, 0.4) is 0 Å². The molecule has 8 rings (SSSR count). The Balaban J connectivity index is 1.20. The highest BCUT2D eigenvalue weighted by Gasteiger charge is 2.67. The predicted molar refractivity (Wildman–Crippen MR) is 152 cm³/mol. The average Bonchev–Trinajstić information content (AvgIpc) is 3.24. The van der Waals surface area contributed by atoms with Crippen molar-refractivity contribution in [3.8, 4) is 0 Å². The van der Waals surface area contributed by atoms with E-state index in [1.165, 1.54) is 29.2 Å². The molecular weight excluding hydrogens is 572 g/mol. The van der Waals surface area contributed by atoms with Gasteiger partial charge < -0.3 is 10.4 Å². The van der Waals surface area contributed by atoms with Crippen LogP contribution in [0.2, 0.25) is 0 Å². The summed E-state index contributed by atoms with van der Waals surface area (Å²) in [6.07, 6.45) is 0. The number of imide groups is 1. The standard InChI is InChI=1S/C32H21BrN2O5/c33-32-23-7-3-1-5-21(23)25(22-6-2-4-8-24(22)32)26-27(32)30(38)35(29(26)37)20-15-11-17(12-16-20)28(36)34-19-13-9-18(10-14-19)31(39)40/h1-16,25-27H,(H,34,36)(H,39,40)/t25?,26-,27-,32?/m1/s1. The van der Waals surface area contributed by atoms with E-state index in [0.29, 0.717) is 16.9 Å². The molecule has 2 bridgehead atoms. The molecule has 0 spiro atoms. The zero-order valence-corrected chi connectivity index (χ0v) is 22.5. The van der Waals surface area contributed by atoms with Crippen LogP contribution >= 0.6 is 15.9 Å². The predicted octanol–water partition coefficient (Wildman–Crippen LogP) is 5.54. The zero-order chi connectivity index (χ0) is 27.8. The minimum absolute atomic E-state index is 0.118. The van der Waals surface area contributed by atoms with Crippen LogP contribution < -0.4 is 10.2 Å². The molecular formula is C32H21BrN2O5. The van der Waals surface area contributed by atoms with Gasteiger partial charge in [0, 0.05) is 17.2 Å². The molecule has 1 saturated heterocycles. The second kappa shape index (κ2) is 8.72. The summed E-state index contributed by atoms with van der Waals surface area (Å²) >= 11 is 3.99. The molecule has 196 valence electrons. The van der Waals surface area contributed by atoms with Crippen molar-refractivity contribution in [2.24, 2.45) is 11.8 Å². The summed E-state index contributed by atoms with van der Waals surface area (Å²) in [6, 6.07) is 28.2. The van der Waals surface area contributed by atoms with Crippen LogP contribution in [0, 0.1) is 11.8 Å². The van der Waals surface area contributed by atoms with E-state index in [4.69, 9.17) is 5.11 Å². The second-order valence-electron chi connectivity index (χ2n) is 10.3. The summed E-state index contributed by atoms with van der Waals surface area (Å²) in [6.45, 7) is 0. The van der Waals surface area contributed by atoms with E-state index in [-0.39, 0.29) is 23.3 Å². The number of anilines is 2. The van der Waals surface area contributed by atoms with Crippen LogP contribution in [-0.2, 0) is 13.9 Å². The van der Waals surface area contributed by atoms with Gasteiger partial charge in [0.1, 0.15) is 0 Å². The number of nitrogens with zero attached hydrogens (tertiary/aromatic N) is 1. The zero-order valence-electron chi connectivity index (χ0n) is 20.9. The minimum atomic E-state index is -1.05. The third kappa shape index (κ3) is 3.29. The Hall–Kier alpha value is -4.56. The van der Waals surface area contributed by atoms with Crippen LogP contribution in [0.1, 0.15) is 48.9 Å². The van der Waals surface area contributed by atoms with Gasteiger partial charge in [0.05, 0.1) is 27.4 Å². The molecule has 1 aliphatic heterocycles. The van der Waals surface area contributed by atoms with Crippen LogP contribution in [-0.4, -0.2) is 28.8 Å². The fraction of sp³-hybridized carbons (Fsp3) is 0.125. The number of carbonyl (C=O) groups excluding carboxylic acids is 3. The first-order valence-corrected chi connectivity index (χ1v) is 13.6. The third-order valence-corrected chi connectivity index (χ3v) is 9.64. The summed E-state index contributed by atoms with van der Waals surface area (Å²) in [4.78, 5) is 53.2. The van der Waals surface area contributed by atoms with Crippen molar-refractivity contribution in [3.05, 3.63) is 130 Å². The molecule has 2 N–H and O–H groups in total. The molecule has 3 amide bonds. The number of hydrogen-bond acceptors (Lipinski definition) is 4. The fourth-order valence-electron chi connectivity index (χ4n) is 6.59. The van der Waals surface area contributed by atoms with E-state index < -0.39 is 28.0 Å². The average molecular weight is 593 g/mol. The van der Waals surface area contributed by atoms with Crippen LogP contribution in [0.25, 0.3) is 0 Å². The van der Waals surface area contributed by atoms with Gasteiger partial charge in [-0.2, -0.15) is 0 Å². The molecule has 0 radical (unpaired) electrons. The quantitative estimate of drug-likeness (QED) is 0.239. The molecule has 1 fully saturated rings. The Labute approximate surface area is 237 Å². The molecule has 0 aromatic heterocycles. The van der Waals surface area contributed by atoms with Gasteiger partial charge in [-0.25, -0.2) is 9.69 Å². The Morgan fingerprint density at radius 2 is 1.30 bits per heavy atom. The Morgan fingerprint density at radius 1 is 0.750 bits per heavy atom. The third-order valence-electron chi connectivity index (χ3n) is 8.29. The molecule has 7 nitrogen and oxygen atoms in total. The number of aromatic carboxylic acids is 1. The van der Waals surface area contributed by atoms with Crippen LogP contribution in [0.15, 0.2) is 97.1 Å². The summed E-state index contributed by atoms with van der Waals surface area (Å²) in [5.74, 6) is -3.34. The first-order chi connectivity index (χ1) is 19.3. The smallest absolute Gasteiger partial charge is 0.335 e. The van der Waals surface area contributed by atoms with Gasteiger partial charge in [0.15, 0.2) is 0 Å². The molecule has 40 heavy (non-hydrogen) atoms. The van der Waals surface area contributed by atoms with E-state index in [2.05, 4.69) is 21.2 Å². The second-order valence-corrected chi connectivity index (χ2v) is 11.5. The molecule has 4 aliphatic rings. The lowest BCUT2D eigenvalue weighted by atomic mass is 9.55. The number of benzene rings is 4. The Bertz CT molecular complexity index is 1700. The van der Waals surface area contributed by atoms with E-state index in [1.54, 1.807) is 24.3 Å². The van der Waals surface area contributed by atoms with Gasteiger partial charge in [0.25, 0.3) is 5.91 Å². The van der Waals surface area contributed by atoms with E-state index in [1.807, 2.05) is 48.5 Å². The van der Waals surface area contributed by atoms with Gasteiger partial charge in [-0.1, -0.05) is 64.5 Å². The SMILES string of the molecule is O=C(O)c1ccc(NC(=O)c2ccc(N3C(=O)[C@@H]4C5c6ccccc6C(Br)(c6ccccc65)[C@H]4C3=O)cc2)cc1. The highest BCUT2D eigenvalue weighted by molar-refractivity contribution is 9.09. The topological polar surface area (TPSA) is 104 Å². The summed E-state index contributed by atoms with van der Waals surface area (Å²) in [7, 11) is 0. The molecule has 4 aromatic rings. The molecule has 2 atom stereocenters. The number of carboxylic acid groups (broad SMARTS) is 1. The van der Waals surface area contributed by atoms with Gasteiger partial charge in [-0.05, 0) is 70.8 Å². The molecule has 3 aliphatic carbocycles. The number of nitrogens with one attached hydrogen (secondary N) is 1. The number of amides is 3. The van der Waals surface area contributed by atoms with Gasteiger partial charge in [-0.15, -0.1) is 0 Å². The van der Waals surface area contributed by atoms with Crippen molar-refractivity contribution in [3.63, 3.8) is 0 Å². The molecule has 4 aromatic carbocycles. The lowest BCUT2D eigenvalue weighted by Crippen LogP contribution is -2.50. The van der Waals surface area contributed by atoms with Gasteiger partial charge in [-0.3, -0.25) is 14.4 Å². The number of hydrogen-bond donors (Lipinski definition) is 2. The Morgan fingerprint density at radius 3 is 1.88 bits per heavy atom. The maximum atomic E-state index is 14.1. The van der Waals surface area contributed by atoms with Crippen molar-refractivity contribution in [2.45, 2.75) is 10.2 Å². The summed E-state index contributed by atoms with van der Waals surface area (Å²) in [5.41, 5.74) is 5.47. The first kappa shape index (κ1) is 24.5. The summed E-state index contributed by atoms with van der Waals surface area (Å²) in [5, 5.41) is 11.8. The van der Waals surface area contributed by atoms with E-state index in [0.717, 1.165) is 22.3 Å². The maximum absolute atomic E-state index is 14.1. The monoisotopic (exact) mass is 592 g/mol. The van der Waals surface area contributed by atoms with Gasteiger partial charge in [0.2, 0.25) is 11.8 Å². The van der Waals surface area contributed by atoms with E-state index in [9.17, 15) is 19.2 Å². The molecule has 1 heterocycles. The highest BCUT2D eigenvalue weighted by Crippen LogP contribution is 2.66.